The number of halogens is 3. The minimum Gasteiger partial charge on any atom is -0.465 e. The summed E-state index contributed by atoms with van der Waals surface area (Å²) in [5.41, 5.74) is 2.28. The molecule has 8 heteroatoms. The lowest BCUT2D eigenvalue weighted by Gasteiger charge is -2.18. The van der Waals surface area contributed by atoms with Gasteiger partial charge in [0.25, 0.3) is 0 Å². The molecule has 1 heterocycles. The Balaban J connectivity index is 2.07. The van der Waals surface area contributed by atoms with Crippen molar-refractivity contribution in [1.82, 2.24) is 10.5 Å². The van der Waals surface area contributed by atoms with Crippen LogP contribution in [0.3, 0.4) is 0 Å². The highest BCUT2D eigenvalue weighted by molar-refractivity contribution is 9.10. The molecule has 3 rings (SSSR count). The van der Waals surface area contributed by atoms with Crippen LogP contribution in [0, 0.1) is 12.7 Å². The fraction of sp³-hybridized carbons (Fsp3) is 0.158. The number of nitrogens with one attached hydrogen (secondary N) is 1. The Kier molecular flexibility index (Phi) is 5.82. The SMILES string of the molecule is Cc1noc(-c2ccc(Br)c(F)c2)c1[C@@H](Cc1ccccc1Cl)NC(=O)O. The second-order valence-corrected chi connectivity index (χ2v) is 7.20. The predicted molar refractivity (Wildman–Crippen MR) is 103 cm³/mol. The van der Waals surface area contributed by atoms with Crippen LogP contribution < -0.4 is 5.32 Å². The van der Waals surface area contributed by atoms with Crippen LogP contribution in [-0.4, -0.2) is 16.4 Å². The standard InChI is InChI=1S/C19H15BrClFN2O3/c1-10-17(18(27-24-10)12-6-7-13(20)15(22)8-12)16(23-19(25)26)9-11-4-2-3-5-14(11)21/h2-8,16,23H,9H2,1H3,(H,25,26)/t16-/m1/s1. The number of carbonyl (C=O) groups is 1. The first-order valence-corrected chi connectivity index (χ1v) is 9.18. The molecule has 27 heavy (non-hydrogen) atoms. The zero-order valence-corrected chi connectivity index (χ0v) is 16.5. The lowest BCUT2D eigenvalue weighted by Crippen LogP contribution is -2.29. The van der Waals surface area contributed by atoms with Crippen molar-refractivity contribution in [2.24, 2.45) is 0 Å². The maximum absolute atomic E-state index is 14.0. The molecule has 0 aliphatic rings. The van der Waals surface area contributed by atoms with Crippen LogP contribution in [0.1, 0.15) is 22.9 Å². The van der Waals surface area contributed by atoms with Crippen molar-refractivity contribution in [2.45, 2.75) is 19.4 Å². The van der Waals surface area contributed by atoms with Crippen LogP contribution in [0.4, 0.5) is 9.18 Å². The summed E-state index contributed by atoms with van der Waals surface area (Å²) in [5.74, 6) is -0.147. The van der Waals surface area contributed by atoms with E-state index in [-0.39, 0.29) is 0 Å². The molecule has 0 bridgehead atoms. The Morgan fingerprint density at radius 1 is 1.37 bits per heavy atom. The normalized spacial score (nSPS) is 12.0. The van der Waals surface area contributed by atoms with Gasteiger partial charge in [-0.3, -0.25) is 0 Å². The van der Waals surface area contributed by atoms with E-state index < -0.39 is 18.0 Å². The molecule has 0 radical (unpaired) electrons. The summed E-state index contributed by atoms with van der Waals surface area (Å²) in [6, 6.07) is 11.0. The fourth-order valence-electron chi connectivity index (χ4n) is 2.89. The van der Waals surface area contributed by atoms with Gasteiger partial charge in [0, 0.05) is 16.1 Å². The molecule has 0 saturated heterocycles. The van der Waals surface area contributed by atoms with Gasteiger partial charge in [-0.1, -0.05) is 35.0 Å². The largest absolute Gasteiger partial charge is 0.465 e. The van der Waals surface area contributed by atoms with Gasteiger partial charge in [0.05, 0.1) is 16.2 Å². The van der Waals surface area contributed by atoms with E-state index in [1.165, 1.54) is 6.07 Å². The van der Waals surface area contributed by atoms with E-state index in [0.29, 0.717) is 38.5 Å². The fourth-order valence-corrected chi connectivity index (χ4v) is 3.35. The number of nitrogens with zero attached hydrogens (tertiary/aromatic N) is 1. The van der Waals surface area contributed by atoms with E-state index >= 15 is 0 Å². The molecule has 140 valence electrons. The number of aryl methyl sites for hydroxylation is 1. The number of hydrogen-bond acceptors (Lipinski definition) is 3. The van der Waals surface area contributed by atoms with E-state index in [4.69, 9.17) is 16.1 Å². The molecule has 0 aliphatic heterocycles. The van der Waals surface area contributed by atoms with E-state index in [0.717, 1.165) is 5.56 Å². The Bertz CT molecular complexity index is 993. The van der Waals surface area contributed by atoms with Gasteiger partial charge in [-0.25, -0.2) is 9.18 Å². The monoisotopic (exact) mass is 452 g/mol. The summed E-state index contributed by atoms with van der Waals surface area (Å²) in [7, 11) is 0. The summed E-state index contributed by atoms with van der Waals surface area (Å²) >= 11 is 9.35. The van der Waals surface area contributed by atoms with Gasteiger partial charge in [-0.15, -0.1) is 0 Å². The summed E-state index contributed by atoms with van der Waals surface area (Å²) in [6.07, 6.45) is -0.902. The highest BCUT2D eigenvalue weighted by Gasteiger charge is 2.26. The number of amides is 1. The van der Waals surface area contributed by atoms with Gasteiger partial charge < -0.3 is 14.9 Å². The average molecular weight is 454 g/mol. The quantitative estimate of drug-likeness (QED) is 0.515. The molecule has 2 aromatic carbocycles. The van der Waals surface area contributed by atoms with Crippen molar-refractivity contribution in [3.8, 4) is 11.3 Å². The van der Waals surface area contributed by atoms with E-state index in [2.05, 4.69) is 26.4 Å². The van der Waals surface area contributed by atoms with Gasteiger partial charge in [0.1, 0.15) is 5.82 Å². The van der Waals surface area contributed by atoms with Crippen LogP contribution >= 0.6 is 27.5 Å². The molecular weight excluding hydrogens is 439 g/mol. The maximum atomic E-state index is 14.0. The third-order valence-corrected chi connectivity index (χ3v) is 5.13. The van der Waals surface area contributed by atoms with Gasteiger partial charge in [-0.2, -0.15) is 0 Å². The average Bonchev–Trinajstić information content (AvgIpc) is 3.00. The van der Waals surface area contributed by atoms with Crippen molar-refractivity contribution in [1.29, 1.82) is 0 Å². The van der Waals surface area contributed by atoms with E-state index in [1.807, 2.05) is 12.1 Å². The van der Waals surface area contributed by atoms with Crippen LogP contribution in [0.5, 0.6) is 0 Å². The molecular formula is C19H15BrClFN2O3. The molecule has 5 nitrogen and oxygen atoms in total. The van der Waals surface area contributed by atoms with Crippen LogP contribution in [0.25, 0.3) is 11.3 Å². The van der Waals surface area contributed by atoms with Gasteiger partial charge in [0.15, 0.2) is 5.76 Å². The lowest BCUT2D eigenvalue weighted by atomic mass is 9.95. The van der Waals surface area contributed by atoms with Crippen molar-refractivity contribution >= 4 is 33.6 Å². The van der Waals surface area contributed by atoms with Gasteiger partial charge >= 0.3 is 6.09 Å². The Labute approximate surface area is 168 Å². The molecule has 0 aliphatic carbocycles. The Morgan fingerprint density at radius 2 is 2.11 bits per heavy atom. The highest BCUT2D eigenvalue weighted by Crippen LogP contribution is 2.35. The zero-order chi connectivity index (χ0) is 19.6. The van der Waals surface area contributed by atoms with Crippen molar-refractivity contribution in [3.05, 3.63) is 74.6 Å². The van der Waals surface area contributed by atoms with Crippen molar-refractivity contribution < 1.29 is 18.8 Å². The van der Waals surface area contributed by atoms with Gasteiger partial charge in [0.2, 0.25) is 0 Å². The second kappa shape index (κ2) is 8.10. The van der Waals surface area contributed by atoms with Crippen molar-refractivity contribution in [3.63, 3.8) is 0 Å². The molecule has 2 N–H and O–H groups in total. The minimum absolute atomic E-state index is 0.292. The summed E-state index contributed by atoms with van der Waals surface area (Å²) in [5, 5.41) is 16.3. The van der Waals surface area contributed by atoms with E-state index in [1.54, 1.807) is 31.2 Å². The van der Waals surface area contributed by atoms with Crippen molar-refractivity contribution in [2.75, 3.05) is 0 Å². The molecule has 1 amide bonds. The first kappa shape index (κ1) is 19.4. The third-order valence-electron chi connectivity index (χ3n) is 4.12. The number of aromatic nitrogens is 1. The van der Waals surface area contributed by atoms with Gasteiger partial charge in [-0.05, 0) is 59.1 Å². The maximum Gasteiger partial charge on any atom is 0.405 e. The second-order valence-electron chi connectivity index (χ2n) is 5.94. The van der Waals surface area contributed by atoms with Crippen LogP contribution in [0.2, 0.25) is 5.02 Å². The Hall–Kier alpha value is -2.38. The number of benzene rings is 2. The number of rotatable bonds is 5. The predicted octanol–water partition coefficient (Wildman–Crippen LogP) is 5.76. The van der Waals surface area contributed by atoms with E-state index in [9.17, 15) is 14.3 Å². The number of hydrogen-bond donors (Lipinski definition) is 2. The first-order chi connectivity index (χ1) is 12.9. The molecule has 1 atom stereocenters. The molecule has 1 aromatic heterocycles. The summed E-state index contributed by atoms with van der Waals surface area (Å²) < 4.78 is 19.7. The molecule has 0 unspecified atom stereocenters. The minimum atomic E-state index is -1.19. The Morgan fingerprint density at radius 3 is 2.78 bits per heavy atom. The third kappa shape index (κ3) is 4.31. The molecule has 0 fully saturated rings. The first-order valence-electron chi connectivity index (χ1n) is 8.01. The topological polar surface area (TPSA) is 75.4 Å². The molecule has 0 saturated carbocycles. The summed E-state index contributed by atoms with van der Waals surface area (Å²) in [6.45, 7) is 1.71. The highest BCUT2D eigenvalue weighted by atomic mass is 79.9. The smallest absolute Gasteiger partial charge is 0.405 e. The molecule has 0 spiro atoms. The summed E-state index contributed by atoms with van der Waals surface area (Å²) in [4.78, 5) is 11.4. The van der Waals surface area contributed by atoms with Crippen LogP contribution in [-0.2, 0) is 6.42 Å². The molecule has 3 aromatic rings. The number of carboxylic acid groups (broad SMARTS) is 1. The zero-order valence-electron chi connectivity index (χ0n) is 14.2. The van der Waals surface area contributed by atoms with Crippen LogP contribution in [0.15, 0.2) is 51.5 Å². The lowest BCUT2D eigenvalue weighted by molar-refractivity contribution is 0.190.